The smallest absolute Gasteiger partial charge is 0.173 e. The van der Waals surface area contributed by atoms with E-state index in [4.69, 9.17) is 17.3 Å². The second kappa shape index (κ2) is 4.91. The molecule has 0 heterocycles. The number of rotatable bonds is 2. The molecular weight excluding hydrogens is 321 g/mol. The molecule has 2 unspecified atom stereocenters. The predicted molar refractivity (Wildman–Crippen MR) is 73.4 cm³/mol. The summed E-state index contributed by atoms with van der Waals surface area (Å²) in [5, 5.41) is -0.0592. The van der Waals surface area contributed by atoms with Gasteiger partial charge in [-0.1, -0.05) is 24.9 Å². The van der Waals surface area contributed by atoms with Gasteiger partial charge in [0.25, 0.3) is 0 Å². The zero-order valence-electron chi connectivity index (χ0n) is 9.97. The summed E-state index contributed by atoms with van der Waals surface area (Å²) in [4.78, 5) is 12.5. The fraction of sp³-hybridized carbons (Fsp3) is 0.462. The third kappa shape index (κ3) is 2.10. The minimum atomic E-state index is -0.683. The van der Waals surface area contributed by atoms with Gasteiger partial charge < -0.3 is 5.73 Å². The number of benzene rings is 1. The molecule has 1 saturated carbocycles. The number of carbonyl (C=O) groups is 1. The molecular formula is C13H14BrClFNO. The van der Waals surface area contributed by atoms with E-state index in [2.05, 4.69) is 15.9 Å². The Kier molecular flexibility index (Phi) is 3.81. The van der Waals surface area contributed by atoms with E-state index in [1.165, 1.54) is 6.07 Å². The Morgan fingerprint density at radius 3 is 2.83 bits per heavy atom. The first-order chi connectivity index (χ1) is 8.38. The van der Waals surface area contributed by atoms with Crippen molar-refractivity contribution in [1.82, 2.24) is 0 Å². The first-order valence-electron chi connectivity index (χ1n) is 5.82. The van der Waals surface area contributed by atoms with E-state index in [1.54, 1.807) is 6.07 Å². The molecule has 0 radical (unpaired) electrons. The lowest BCUT2D eigenvalue weighted by Gasteiger charge is -2.27. The number of ketones is 1. The molecule has 1 aliphatic rings. The largest absolute Gasteiger partial charge is 0.327 e. The molecule has 2 nitrogen and oxygen atoms in total. The second-order valence-electron chi connectivity index (χ2n) is 4.97. The van der Waals surface area contributed by atoms with Gasteiger partial charge in [-0.15, -0.1) is 0 Å². The summed E-state index contributed by atoms with van der Waals surface area (Å²) in [5.74, 6) is -0.921. The summed E-state index contributed by atoms with van der Waals surface area (Å²) in [5.41, 5.74) is 5.33. The molecule has 0 amide bonds. The Morgan fingerprint density at radius 2 is 2.28 bits per heavy atom. The molecule has 0 aromatic heterocycles. The van der Waals surface area contributed by atoms with Crippen molar-refractivity contribution in [3.05, 3.63) is 33.0 Å². The van der Waals surface area contributed by atoms with Crippen molar-refractivity contribution in [2.45, 2.75) is 32.2 Å². The number of Topliss-reactive ketones (excluding diaryl/α,β-unsaturated/α-hetero) is 1. The number of hydrogen-bond acceptors (Lipinski definition) is 2. The predicted octanol–water partition coefficient (Wildman–Crippen LogP) is 3.94. The van der Waals surface area contributed by atoms with Gasteiger partial charge in [0.05, 0.1) is 10.6 Å². The van der Waals surface area contributed by atoms with Gasteiger partial charge >= 0.3 is 0 Å². The quantitative estimate of drug-likeness (QED) is 0.657. The number of nitrogens with two attached hydrogens (primary N) is 1. The second-order valence-corrected chi connectivity index (χ2v) is 6.20. The lowest BCUT2D eigenvalue weighted by molar-refractivity contribution is 0.0798. The van der Waals surface area contributed by atoms with Crippen LogP contribution in [0.15, 0.2) is 16.6 Å². The van der Waals surface area contributed by atoms with Crippen LogP contribution in [0, 0.1) is 11.2 Å². The number of carbonyl (C=O) groups excluding carboxylic acids is 1. The van der Waals surface area contributed by atoms with Gasteiger partial charge in [0, 0.05) is 15.9 Å². The van der Waals surface area contributed by atoms with Crippen molar-refractivity contribution in [1.29, 1.82) is 0 Å². The number of halogens is 3. The third-order valence-electron chi connectivity index (χ3n) is 3.83. The van der Waals surface area contributed by atoms with Crippen LogP contribution in [0.2, 0.25) is 5.02 Å². The van der Waals surface area contributed by atoms with E-state index in [0.29, 0.717) is 10.9 Å². The summed E-state index contributed by atoms with van der Waals surface area (Å²) < 4.78 is 14.5. The molecule has 0 spiro atoms. The highest BCUT2D eigenvalue weighted by atomic mass is 79.9. The fourth-order valence-electron chi connectivity index (χ4n) is 2.48. The van der Waals surface area contributed by atoms with E-state index < -0.39 is 11.2 Å². The zero-order valence-corrected chi connectivity index (χ0v) is 12.3. The molecule has 0 bridgehead atoms. The average Bonchev–Trinajstić information content (AvgIpc) is 2.67. The maximum atomic E-state index is 14.0. The monoisotopic (exact) mass is 333 g/mol. The molecule has 98 valence electrons. The van der Waals surface area contributed by atoms with Gasteiger partial charge in [-0.25, -0.2) is 4.39 Å². The maximum Gasteiger partial charge on any atom is 0.173 e. The Bertz CT molecular complexity index is 508. The minimum Gasteiger partial charge on any atom is -0.327 e. The normalized spacial score (nSPS) is 27.5. The van der Waals surface area contributed by atoms with Crippen molar-refractivity contribution in [2.24, 2.45) is 11.1 Å². The summed E-state index contributed by atoms with van der Waals surface area (Å²) in [6.07, 6.45) is 2.39. The van der Waals surface area contributed by atoms with E-state index in [-0.39, 0.29) is 22.4 Å². The minimum absolute atomic E-state index is 0.0306. The molecule has 5 heteroatoms. The highest BCUT2D eigenvalue weighted by Crippen LogP contribution is 2.41. The van der Waals surface area contributed by atoms with E-state index in [0.717, 1.165) is 12.8 Å². The van der Waals surface area contributed by atoms with Gasteiger partial charge in [0.1, 0.15) is 0 Å². The van der Waals surface area contributed by atoms with Crippen molar-refractivity contribution >= 4 is 33.3 Å². The SMILES string of the molecule is CC1(C(=O)c2ccc(Br)c(Cl)c2F)CCCC1N. The molecule has 0 saturated heterocycles. The summed E-state index contributed by atoms with van der Waals surface area (Å²) >= 11 is 8.94. The molecule has 18 heavy (non-hydrogen) atoms. The standard InChI is InChI=1S/C13H14BrClFNO/c1-13(6-2-3-9(13)17)12(18)7-4-5-8(14)10(15)11(7)16/h4-5,9H,2-3,6,17H2,1H3. The molecule has 1 fully saturated rings. The highest BCUT2D eigenvalue weighted by molar-refractivity contribution is 9.10. The number of hydrogen-bond donors (Lipinski definition) is 1. The zero-order chi connectivity index (χ0) is 13.5. The fourth-order valence-corrected chi connectivity index (χ4v) is 2.96. The lowest BCUT2D eigenvalue weighted by atomic mass is 9.78. The Morgan fingerprint density at radius 1 is 1.61 bits per heavy atom. The van der Waals surface area contributed by atoms with E-state index in [9.17, 15) is 9.18 Å². The van der Waals surface area contributed by atoms with Crippen LogP contribution >= 0.6 is 27.5 Å². The van der Waals surface area contributed by atoms with Crippen molar-refractivity contribution < 1.29 is 9.18 Å². The van der Waals surface area contributed by atoms with Crippen LogP contribution in [0.5, 0.6) is 0 Å². The van der Waals surface area contributed by atoms with Gasteiger partial charge in [-0.05, 0) is 40.9 Å². The molecule has 1 aromatic rings. The highest BCUT2D eigenvalue weighted by Gasteiger charge is 2.44. The van der Waals surface area contributed by atoms with Crippen LogP contribution in [-0.4, -0.2) is 11.8 Å². The first-order valence-corrected chi connectivity index (χ1v) is 6.99. The van der Waals surface area contributed by atoms with Crippen molar-refractivity contribution in [2.75, 3.05) is 0 Å². The van der Waals surface area contributed by atoms with Crippen LogP contribution in [0.1, 0.15) is 36.5 Å². The lowest BCUT2D eigenvalue weighted by Crippen LogP contribution is -2.41. The van der Waals surface area contributed by atoms with Crippen LogP contribution in [0.25, 0.3) is 0 Å². The van der Waals surface area contributed by atoms with Gasteiger partial charge in [-0.2, -0.15) is 0 Å². The molecule has 0 aliphatic heterocycles. The van der Waals surface area contributed by atoms with Crippen molar-refractivity contribution in [3.63, 3.8) is 0 Å². The first kappa shape index (κ1) is 14.0. The average molecular weight is 335 g/mol. The third-order valence-corrected chi connectivity index (χ3v) is 5.09. The summed E-state index contributed by atoms with van der Waals surface area (Å²) in [6.45, 7) is 1.81. The molecule has 2 atom stereocenters. The van der Waals surface area contributed by atoms with Crippen LogP contribution < -0.4 is 5.73 Å². The van der Waals surface area contributed by atoms with E-state index >= 15 is 0 Å². The van der Waals surface area contributed by atoms with Crippen molar-refractivity contribution in [3.8, 4) is 0 Å². The van der Waals surface area contributed by atoms with E-state index in [1.807, 2.05) is 6.92 Å². The molecule has 1 aliphatic carbocycles. The summed E-state index contributed by atoms with van der Waals surface area (Å²) in [7, 11) is 0. The van der Waals surface area contributed by atoms with Gasteiger partial charge in [-0.3, -0.25) is 4.79 Å². The Labute approximate surface area is 119 Å². The van der Waals surface area contributed by atoms with Crippen LogP contribution in [0.4, 0.5) is 4.39 Å². The summed E-state index contributed by atoms with van der Waals surface area (Å²) in [6, 6.07) is 2.83. The molecule has 1 aromatic carbocycles. The molecule has 2 rings (SSSR count). The van der Waals surface area contributed by atoms with Gasteiger partial charge in [0.2, 0.25) is 0 Å². The Hall–Kier alpha value is -0.450. The van der Waals surface area contributed by atoms with Crippen LogP contribution in [-0.2, 0) is 0 Å². The topological polar surface area (TPSA) is 43.1 Å². The van der Waals surface area contributed by atoms with Crippen LogP contribution in [0.3, 0.4) is 0 Å². The maximum absolute atomic E-state index is 14.0. The van der Waals surface area contributed by atoms with Gasteiger partial charge in [0.15, 0.2) is 11.6 Å². The molecule has 2 N–H and O–H groups in total. The Balaban J connectivity index is 2.44.